The summed E-state index contributed by atoms with van der Waals surface area (Å²) in [6.07, 6.45) is 3.24. The quantitative estimate of drug-likeness (QED) is 0.705. The van der Waals surface area contributed by atoms with Crippen molar-refractivity contribution in [2.24, 2.45) is 11.1 Å². The van der Waals surface area contributed by atoms with Crippen LogP contribution in [0.3, 0.4) is 0 Å². The van der Waals surface area contributed by atoms with Gasteiger partial charge in [0, 0.05) is 24.9 Å². The van der Waals surface area contributed by atoms with Gasteiger partial charge in [0.15, 0.2) is 0 Å². The van der Waals surface area contributed by atoms with Crippen LogP contribution in [0.15, 0.2) is 6.33 Å². The van der Waals surface area contributed by atoms with Crippen molar-refractivity contribution < 1.29 is 5.11 Å². The Balaban J connectivity index is 2.74. The first-order valence-electron chi connectivity index (χ1n) is 5.33. The van der Waals surface area contributed by atoms with Gasteiger partial charge in [-0.1, -0.05) is 13.8 Å². The average molecular weight is 212 g/mol. The van der Waals surface area contributed by atoms with E-state index in [1.807, 2.05) is 11.6 Å². The smallest absolute Gasteiger partial charge is 0.138 e. The molecule has 0 saturated heterocycles. The highest BCUT2D eigenvalue weighted by atomic mass is 16.3. The number of rotatable bonds is 6. The standard InChI is InChI=1S/C10H20N4O/c1-3-4-14-9(12-8-13-14)5-10(2,6-11)7-15/h8,15H,3-7,11H2,1-2H3. The lowest BCUT2D eigenvalue weighted by molar-refractivity contribution is 0.145. The van der Waals surface area contributed by atoms with E-state index in [-0.39, 0.29) is 12.0 Å². The summed E-state index contributed by atoms with van der Waals surface area (Å²) in [5.41, 5.74) is 5.35. The molecule has 0 fully saturated rings. The summed E-state index contributed by atoms with van der Waals surface area (Å²) in [6.45, 7) is 5.43. The highest BCUT2D eigenvalue weighted by Crippen LogP contribution is 2.19. The predicted molar refractivity (Wildman–Crippen MR) is 58.3 cm³/mol. The van der Waals surface area contributed by atoms with Gasteiger partial charge in [-0.3, -0.25) is 4.68 Å². The molecule has 0 saturated carbocycles. The molecule has 0 aliphatic carbocycles. The molecular formula is C10H20N4O. The lowest BCUT2D eigenvalue weighted by Gasteiger charge is -2.24. The molecule has 0 aliphatic heterocycles. The van der Waals surface area contributed by atoms with Gasteiger partial charge in [0.2, 0.25) is 0 Å². The number of aliphatic hydroxyl groups excluding tert-OH is 1. The third-order valence-corrected chi connectivity index (χ3v) is 2.59. The molecule has 1 aromatic heterocycles. The number of hydrogen-bond acceptors (Lipinski definition) is 4. The first-order valence-corrected chi connectivity index (χ1v) is 5.33. The summed E-state index contributed by atoms with van der Waals surface area (Å²) in [7, 11) is 0. The first kappa shape index (κ1) is 12.1. The number of aryl methyl sites for hydroxylation is 1. The van der Waals surface area contributed by atoms with E-state index >= 15 is 0 Å². The first-order chi connectivity index (χ1) is 7.15. The van der Waals surface area contributed by atoms with Crippen molar-refractivity contribution >= 4 is 0 Å². The predicted octanol–water partition coefficient (Wildman–Crippen LogP) is 0.188. The van der Waals surface area contributed by atoms with Crippen molar-refractivity contribution in [1.82, 2.24) is 14.8 Å². The fourth-order valence-corrected chi connectivity index (χ4v) is 1.40. The summed E-state index contributed by atoms with van der Waals surface area (Å²) in [5, 5.41) is 13.4. The summed E-state index contributed by atoms with van der Waals surface area (Å²) < 4.78 is 1.88. The molecule has 1 aromatic rings. The third-order valence-electron chi connectivity index (χ3n) is 2.59. The molecular weight excluding hydrogens is 192 g/mol. The number of nitrogens with two attached hydrogens (primary N) is 1. The van der Waals surface area contributed by atoms with Gasteiger partial charge in [0.1, 0.15) is 12.2 Å². The fraction of sp³-hybridized carbons (Fsp3) is 0.800. The Kier molecular flexibility index (Phi) is 4.23. The Morgan fingerprint density at radius 3 is 2.87 bits per heavy atom. The SMILES string of the molecule is CCCn1ncnc1CC(C)(CN)CO. The van der Waals surface area contributed by atoms with E-state index in [0.717, 1.165) is 18.8 Å². The molecule has 0 bridgehead atoms. The van der Waals surface area contributed by atoms with Crippen LogP contribution in [-0.4, -0.2) is 33.0 Å². The van der Waals surface area contributed by atoms with Crippen LogP contribution >= 0.6 is 0 Å². The van der Waals surface area contributed by atoms with E-state index in [2.05, 4.69) is 17.0 Å². The highest BCUT2D eigenvalue weighted by molar-refractivity contribution is 4.92. The van der Waals surface area contributed by atoms with Crippen molar-refractivity contribution in [2.75, 3.05) is 13.2 Å². The largest absolute Gasteiger partial charge is 0.396 e. The molecule has 3 N–H and O–H groups in total. The van der Waals surface area contributed by atoms with Gasteiger partial charge in [-0.25, -0.2) is 4.98 Å². The number of aliphatic hydroxyl groups is 1. The Hall–Kier alpha value is -0.940. The normalized spacial score (nSPS) is 15.2. The van der Waals surface area contributed by atoms with E-state index in [9.17, 15) is 5.11 Å². The zero-order valence-electron chi connectivity index (χ0n) is 9.48. The van der Waals surface area contributed by atoms with Gasteiger partial charge in [0.25, 0.3) is 0 Å². The lowest BCUT2D eigenvalue weighted by atomic mass is 9.87. The van der Waals surface area contributed by atoms with E-state index in [4.69, 9.17) is 5.73 Å². The maximum absolute atomic E-state index is 9.27. The molecule has 0 aliphatic rings. The Morgan fingerprint density at radius 1 is 1.60 bits per heavy atom. The monoisotopic (exact) mass is 212 g/mol. The van der Waals surface area contributed by atoms with Crippen molar-refractivity contribution in [3.63, 3.8) is 0 Å². The van der Waals surface area contributed by atoms with E-state index in [0.29, 0.717) is 13.0 Å². The van der Waals surface area contributed by atoms with E-state index in [1.54, 1.807) is 6.33 Å². The van der Waals surface area contributed by atoms with Crippen LogP contribution in [0.1, 0.15) is 26.1 Å². The van der Waals surface area contributed by atoms with Gasteiger partial charge < -0.3 is 10.8 Å². The van der Waals surface area contributed by atoms with Gasteiger partial charge in [-0.15, -0.1) is 0 Å². The molecule has 0 amide bonds. The summed E-state index contributed by atoms with van der Waals surface area (Å²) >= 11 is 0. The van der Waals surface area contributed by atoms with Gasteiger partial charge in [-0.05, 0) is 6.42 Å². The molecule has 1 atom stereocenters. The topological polar surface area (TPSA) is 77.0 Å². The van der Waals surface area contributed by atoms with Crippen molar-refractivity contribution in [2.45, 2.75) is 33.2 Å². The Bertz CT molecular complexity index is 293. The van der Waals surface area contributed by atoms with E-state index in [1.165, 1.54) is 0 Å². The van der Waals surface area contributed by atoms with Crippen LogP contribution in [0, 0.1) is 5.41 Å². The summed E-state index contributed by atoms with van der Waals surface area (Å²) in [6, 6.07) is 0. The summed E-state index contributed by atoms with van der Waals surface area (Å²) in [5.74, 6) is 0.902. The number of aromatic nitrogens is 3. The lowest BCUT2D eigenvalue weighted by Crippen LogP contribution is -2.34. The number of hydrogen-bond donors (Lipinski definition) is 2. The Morgan fingerprint density at radius 2 is 2.33 bits per heavy atom. The van der Waals surface area contributed by atoms with Crippen LogP contribution in [0.4, 0.5) is 0 Å². The van der Waals surface area contributed by atoms with E-state index < -0.39 is 0 Å². The minimum absolute atomic E-state index is 0.0719. The minimum Gasteiger partial charge on any atom is -0.396 e. The van der Waals surface area contributed by atoms with Gasteiger partial charge in [-0.2, -0.15) is 5.10 Å². The molecule has 5 heteroatoms. The molecule has 15 heavy (non-hydrogen) atoms. The molecule has 86 valence electrons. The van der Waals surface area contributed by atoms with Crippen LogP contribution in [-0.2, 0) is 13.0 Å². The summed E-state index contributed by atoms with van der Waals surface area (Å²) in [4.78, 5) is 4.20. The van der Waals surface area contributed by atoms with Crippen LogP contribution < -0.4 is 5.73 Å². The second kappa shape index (κ2) is 5.23. The highest BCUT2D eigenvalue weighted by Gasteiger charge is 2.24. The Labute approximate surface area is 90.3 Å². The zero-order chi connectivity index (χ0) is 11.3. The fourth-order valence-electron chi connectivity index (χ4n) is 1.40. The van der Waals surface area contributed by atoms with Gasteiger partial charge >= 0.3 is 0 Å². The minimum atomic E-state index is -0.293. The molecule has 0 radical (unpaired) electrons. The average Bonchev–Trinajstić information content (AvgIpc) is 2.66. The second-order valence-electron chi connectivity index (χ2n) is 4.25. The second-order valence-corrected chi connectivity index (χ2v) is 4.25. The molecule has 5 nitrogen and oxygen atoms in total. The molecule has 1 rings (SSSR count). The van der Waals surface area contributed by atoms with Crippen LogP contribution in [0.25, 0.3) is 0 Å². The van der Waals surface area contributed by atoms with Crippen LogP contribution in [0.5, 0.6) is 0 Å². The van der Waals surface area contributed by atoms with Crippen molar-refractivity contribution in [1.29, 1.82) is 0 Å². The third kappa shape index (κ3) is 3.00. The van der Waals surface area contributed by atoms with Gasteiger partial charge in [0.05, 0.1) is 6.61 Å². The van der Waals surface area contributed by atoms with Crippen molar-refractivity contribution in [3.05, 3.63) is 12.2 Å². The van der Waals surface area contributed by atoms with Crippen LogP contribution in [0.2, 0.25) is 0 Å². The maximum Gasteiger partial charge on any atom is 0.138 e. The number of nitrogens with zero attached hydrogens (tertiary/aromatic N) is 3. The zero-order valence-corrected chi connectivity index (χ0v) is 9.48. The molecule has 1 heterocycles. The molecule has 1 unspecified atom stereocenters. The molecule has 0 aromatic carbocycles. The van der Waals surface area contributed by atoms with Crippen molar-refractivity contribution in [3.8, 4) is 0 Å². The maximum atomic E-state index is 9.27. The molecule has 0 spiro atoms.